The van der Waals surface area contributed by atoms with Crippen molar-refractivity contribution in [1.29, 1.82) is 0 Å². The molecule has 0 aromatic heterocycles. The third kappa shape index (κ3) is 13.5. The number of hydrogen-bond donors (Lipinski definition) is 4. The van der Waals surface area contributed by atoms with Gasteiger partial charge in [-0.15, -0.1) is 0 Å². The number of rotatable bonds is 23. The van der Waals surface area contributed by atoms with Crippen molar-refractivity contribution < 1.29 is 19.7 Å². The van der Waals surface area contributed by atoms with E-state index in [1.165, 1.54) is 46.2 Å². The smallest absolute Gasteiger partial charge is 0.125 e. The maximum Gasteiger partial charge on any atom is 0.125 e. The van der Waals surface area contributed by atoms with Crippen LogP contribution in [0.2, 0.25) is 0 Å². The number of aryl methyl sites for hydroxylation is 4. The molecule has 0 amide bonds. The van der Waals surface area contributed by atoms with Gasteiger partial charge in [-0.1, -0.05) is 49.9 Å². The minimum absolute atomic E-state index is 0.301. The molecule has 2 rings (SSSR count). The summed E-state index contributed by atoms with van der Waals surface area (Å²) in [6.07, 6.45) is 10.6. The van der Waals surface area contributed by atoms with Crippen molar-refractivity contribution >= 4 is 0 Å². The molecule has 0 fully saturated rings. The standard InChI is InChI=1S/C34H56N2O4/c1-27-21-31(25-35-15-9-5-7-11-17-37)22-28(2)33(27)39-19-13-14-20-40-34-29(3)23-32(24-30(34)4)26-36-16-10-6-8-12-18-38/h21-24,35-38H,5-20,25-26H2,1-4H3. The van der Waals surface area contributed by atoms with E-state index in [4.69, 9.17) is 19.7 Å². The van der Waals surface area contributed by atoms with E-state index in [1.807, 2.05) is 0 Å². The first-order valence-electron chi connectivity index (χ1n) is 15.5. The number of ether oxygens (including phenoxy) is 2. The normalized spacial score (nSPS) is 11.2. The highest BCUT2D eigenvalue weighted by atomic mass is 16.5. The van der Waals surface area contributed by atoms with Crippen LogP contribution in [0.5, 0.6) is 11.5 Å². The van der Waals surface area contributed by atoms with Crippen LogP contribution in [0.4, 0.5) is 0 Å². The molecule has 0 radical (unpaired) electrons. The lowest BCUT2D eigenvalue weighted by Crippen LogP contribution is -2.15. The first-order chi connectivity index (χ1) is 19.5. The summed E-state index contributed by atoms with van der Waals surface area (Å²) in [5.41, 5.74) is 7.37. The monoisotopic (exact) mass is 556 g/mol. The van der Waals surface area contributed by atoms with E-state index < -0.39 is 0 Å². The highest BCUT2D eigenvalue weighted by Gasteiger charge is 2.09. The van der Waals surface area contributed by atoms with Gasteiger partial charge in [-0.3, -0.25) is 0 Å². The van der Waals surface area contributed by atoms with Crippen molar-refractivity contribution in [2.24, 2.45) is 0 Å². The van der Waals surface area contributed by atoms with Gasteiger partial charge in [0, 0.05) is 26.3 Å². The zero-order valence-electron chi connectivity index (χ0n) is 25.7. The quantitative estimate of drug-likeness (QED) is 0.118. The Bertz CT molecular complexity index is 839. The van der Waals surface area contributed by atoms with Gasteiger partial charge in [0.15, 0.2) is 0 Å². The summed E-state index contributed by atoms with van der Waals surface area (Å²) in [7, 11) is 0. The second-order valence-electron chi connectivity index (χ2n) is 11.2. The summed E-state index contributed by atoms with van der Waals surface area (Å²) in [6.45, 7) is 14.3. The van der Waals surface area contributed by atoms with Crippen molar-refractivity contribution in [3.8, 4) is 11.5 Å². The number of benzene rings is 2. The fraction of sp³-hybridized carbons (Fsp3) is 0.647. The van der Waals surface area contributed by atoms with Gasteiger partial charge < -0.3 is 30.3 Å². The molecule has 0 heterocycles. The van der Waals surface area contributed by atoms with Gasteiger partial charge in [0.25, 0.3) is 0 Å². The van der Waals surface area contributed by atoms with E-state index in [2.05, 4.69) is 62.6 Å². The fourth-order valence-corrected chi connectivity index (χ4v) is 5.19. The molecule has 0 saturated carbocycles. The van der Waals surface area contributed by atoms with Crippen LogP contribution in [0.15, 0.2) is 24.3 Å². The van der Waals surface area contributed by atoms with Crippen molar-refractivity contribution in [1.82, 2.24) is 10.6 Å². The summed E-state index contributed by atoms with van der Waals surface area (Å²) < 4.78 is 12.4. The molecule has 0 saturated heterocycles. The summed E-state index contributed by atoms with van der Waals surface area (Å²) in [5, 5.41) is 24.8. The summed E-state index contributed by atoms with van der Waals surface area (Å²) in [4.78, 5) is 0. The average Bonchev–Trinajstić information content (AvgIpc) is 2.92. The largest absolute Gasteiger partial charge is 0.493 e. The minimum atomic E-state index is 0.301. The maximum absolute atomic E-state index is 8.86. The van der Waals surface area contributed by atoms with E-state index in [0.29, 0.717) is 26.4 Å². The first kappa shape index (κ1) is 34.1. The van der Waals surface area contributed by atoms with Gasteiger partial charge >= 0.3 is 0 Å². The molecule has 2 aromatic carbocycles. The Hall–Kier alpha value is -2.12. The van der Waals surface area contributed by atoms with Gasteiger partial charge in [0.2, 0.25) is 0 Å². The van der Waals surface area contributed by atoms with E-state index in [-0.39, 0.29) is 0 Å². The molecule has 0 aliphatic heterocycles. The Morgan fingerprint density at radius 3 is 1.20 bits per heavy atom. The Balaban J connectivity index is 1.65. The second-order valence-corrected chi connectivity index (χ2v) is 11.2. The zero-order chi connectivity index (χ0) is 29.0. The van der Waals surface area contributed by atoms with Crippen molar-refractivity contribution in [2.75, 3.05) is 39.5 Å². The van der Waals surface area contributed by atoms with Crippen LogP contribution >= 0.6 is 0 Å². The zero-order valence-corrected chi connectivity index (χ0v) is 25.7. The Morgan fingerprint density at radius 2 is 0.850 bits per heavy atom. The highest BCUT2D eigenvalue weighted by molar-refractivity contribution is 5.44. The van der Waals surface area contributed by atoms with Crippen molar-refractivity contribution in [2.45, 2.75) is 105 Å². The molecule has 226 valence electrons. The van der Waals surface area contributed by atoms with Gasteiger partial charge in [-0.2, -0.15) is 0 Å². The third-order valence-corrected chi connectivity index (χ3v) is 7.25. The number of aliphatic hydroxyl groups is 2. The van der Waals surface area contributed by atoms with Crippen LogP contribution in [-0.4, -0.2) is 49.7 Å². The summed E-state index contributed by atoms with van der Waals surface area (Å²) >= 11 is 0. The molecular weight excluding hydrogens is 500 g/mol. The van der Waals surface area contributed by atoms with E-state index >= 15 is 0 Å². The molecule has 0 bridgehead atoms. The Morgan fingerprint density at radius 1 is 0.500 bits per heavy atom. The highest BCUT2D eigenvalue weighted by Crippen LogP contribution is 2.26. The van der Waals surface area contributed by atoms with E-state index in [0.717, 1.165) is 89.0 Å². The number of hydrogen-bond acceptors (Lipinski definition) is 6. The molecule has 6 nitrogen and oxygen atoms in total. The van der Waals surface area contributed by atoms with Crippen LogP contribution in [0.3, 0.4) is 0 Å². The SMILES string of the molecule is Cc1cc(CNCCCCCCO)cc(C)c1OCCCCOc1c(C)cc(CNCCCCCCO)cc1C. The molecule has 40 heavy (non-hydrogen) atoms. The average molecular weight is 557 g/mol. The number of nitrogens with one attached hydrogen (secondary N) is 2. The summed E-state index contributed by atoms with van der Waals surface area (Å²) in [6, 6.07) is 8.92. The van der Waals surface area contributed by atoms with Crippen LogP contribution in [0, 0.1) is 27.7 Å². The van der Waals surface area contributed by atoms with Crippen LogP contribution in [-0.2, 0) is 13.1 Å². The molecule has 0 atom stereocenters. The lowest BCUT2D eigenvalue weighted by molar-refractivity contribution is 0.263. The van der Waals surface area contributed by atoms with Crippen LogP contribution in [0.25, 0.3) is 0 Å². The second kappa shape index (κ2) is 20.7. The van der Waals surface area contributed by atoms with E-state index in [1.54, 1.807) is 0 Å². The van der Waals surface area contributed by atoms with Crippen molar-refractivity contribution in [3.63, 3.8) is 0 Å². The van der Waals surface area contributed by atoms with Crippen LogP contribution < -0.4 is 20.1 Å². The molecule has 6 heteroatoms. The molecular formula is C34H56N2O4. The molecule has 0 unspecified atom stereocenters. The van der Waals surface area contributed by atoms with Crippen molar-refractivity contribution in [3.05, 3.63) is 57.6 Å². The lowest BCUT2D eigenvalue weighted by atomic mass is 10.1. The third-order valence-electron chi connectivity index (χ3n) is 7.25. The number of aliphatic hydroxyl groups excluding tert-OH is 2. The molecule has 0 aliphatic carbocycles. The van der Waals surface area contributed by atoms with Gasteiger partial charge in [-0.25, -0.2) is 0 Å². The van der Waals surface area contributed by atoms with Gasteiger partial charge in [0.1, 0.15) is 11.5 Å². The molecule has 4 N–H and O–H groups in total. The summed E-state index contributed by atoms with van der Waals surface area (Å²) in [5.74, 6) is 2.02. The number of unbranched alkanes of at least 4 members (excludes halogenated alkanes) is 7. The lowest BCUT2D eigenvalue weighted by Gasteiger charge is -2.16. The maximum atomic E-state index is 8.86. The van der Waals surface area contributed by atoms with E-state index in [9.17, 15) is 0 Å². The van der Waals surface area contributed by atoms with Gasteiger partial charge in [0.05, 0.1) is 13.2 Å². The minimum Gasteiger partial charge on any atom is -0.493 e. The Labute approximate surface area is 243 Å². The molecule has 2 aromatic rings. The molecule has 0 aliphatic rings. The topological polar surface area (TPSA) is 83.0 Å². The predicted octanol–water partition coefficient (Wildman–Crippen LogP) is 6.44. The Kier molecular flexibility index (Phi) is 17.6. The van der Waals surface area contributed by atoms with Gasteiger partial charge in [-0.05, 0) is 113 Å². The first-order valence-corrected chi connectivity index (χ1v) is 15.5. The molecule has 0 spiro atoms. The van der Waals surface area contributed by atoms with Crippen LogP contribution in [0.1, 0.15) is 97.6 Å². The fourth-order valence-electron chi connectivity index (χ4n) is 5.19. The predicted molar refractivity (Wildman–Crippen MR) is 167 cm³/mol.